The molecule has 0 aliphatic heterocycles. The van der Waals surface area contributed by atoms with Crippen molar-refractivity contribution in [2.24, 2.45) is 17.6 Å². The molecule has 0 aromatic carbocycles. The number of aromatic amines is 1. The molecular weight excluding hydrogens is 208 g/mol. The number of H-pyrrole nitrogens is 1. The van der Waals surface area contributed by atoms with Crippen molar-refractivity contribution in [3.63, 3.8) is 0 Å². The summed E-state index contributed by atoms with van der Waals surface area (Å²) in [5, 5.41) is 8.09. The van der Waals surface area contributed by atoms with Crippen LogP contribution in [0.25, 0.3) is 0 Å². The van der Waals surface area contributed by atoms with Gasteiger partial charge in [0, 0.05) is 11.3 Å². The highest BCUT2D eigenvalue weighted by Gasteiger charge is 2.32. The molecule has 0 bridgehead atoms. The summed E-state index contributed by atoms with van der Waals surface area (Å²) >= 11 is 1.74. The van der Waals surface area contributed by atoms with E-state index in [1.807, 2.05) is 0 Å². The van der Waals surface area contributed by atoms with Crippen LogP contribution in [0.3, 0.4) is 0 Å². The normalized spacial score (nSPS) is 36.7. The first kappa shape index (κ1) is 11.0. The molecule has 0 spiro atoms. The van der Waals surface area contributed by atoms with E-state index in [-0.39, 0.29) is 6.04 Å². The first-order valence-corrected chi connectivity index (χ1v) is 6.32. The molecule has 0 amide bonds. The molecule has 1 aromatic heterocycles. The van der Waals surface area contributed by atoms with Gasteiger partial charge in [-0.25, -0.2) is 4.98 Å². The quantitative estimate of drug-likeness (QED) is 0.804. The van der Waals surface area contributed by atoms with Crippen LogP contribution < -0.4 is 5.73 Å². The SMILES string of the molecule is CC1CC(C)C(Sc2ncn[nH]2)C(N)C1. The lowest BCUT2D eigenvalue weighted by Crippen LogP contribution is -2.42. The van der Waals surface area contributed by atoms with E-state index in [2.05, 4.69) is 29.0 Å². The molecule has 4 unspecified atom stereocenters. The van der Waals surface area contributed by atoms with Crippen LogP contribution in [-0.4, -0.2) is 26.5 Å². The summed E-state index contributed by atoms with van der Waals surface area (Å²) in [6.45, 7) is 4.56. The summed E-state index contributed by atoms with van der Waals surface area (Å²) < 4.78 is 0. The number of thioether (sulfide) groups is 1. The number of aromatic nitrogens is 3. The van der Waals surface area contributed by atoms with Crippen molar-refractivity contribution in [1.29, 1.82) is 0 Å². The van der Waals surface area contributed by atoms with Gasteiger partial charge in [-0.2, -0.15) is 5.10 Å². The fourth-order valence-corrected chi connectivity index (χ4v) is 3.57. The predicted molar refractivity (Wildman–Crippen MR) is 61.6 cm³/mol. The first-order chi connectivity index (χ1) is 7.16. The van der Waals surface area contributed by atoms with Gasteiger partial charge in [0.05, 0.1) is 0 Å². The van der Waals surface area contributed by atoms with Gasteiger partial charge >= 0.3 is 0 Å². The van der Waals surface area contributed by atoms with Gasteiger partial charge in [0.2, 0.25) is 0 Å². The third kappa shape index (κ3) is 2.52. The predicted octanol–water partition coefficient (Wildman–Crippen LogP) is 1.66. The Morgan fingerprint density at radius 3 is 2.87 bits per heavy atom. The van der Waals surface area contributed by atoms with Crippen LogP contribution in [0.2, 0.25) is 0 Å². The molecule has 1 aliphatic carbocycles. The van der Waals surface area contributed by atoms with E-state index in [4.69, 9.17) is 5.73 Å². The van der Waals surface area contributed by atoms with Crippen LogP contribution in [0.15, 0.2) is 11.5 Å². The van der Waals surface area contributed by atoms with Gasteiger partial charge in [0.25, 0.3) is 0 Å². The molecule has 2 rings (SSSR count). The smallest absolute Gasteiger partial charge is 0.183 e. The number of rotatable bonds is 2. The summed E-state index contributed by atoms with van der Waals surface area (Å²) in [5.41, 5.74) is 6.19. The Balaban J connectivity index is 2.01. The van der Waals surface area contributed by atoms with E-state index in [9.17, 15) is 0 Å². The fraction of sp³-hybridized carbons (Fsp3) is 0.800. The van der Waals surface area contributed by atoms with Gasteiger partial charge in [-0.3, -0.25) is 5.10 Å². The van der Waals surface area contributed by atoms with Gasteiger partial charge in [-0.1, -0.05) is 25.6 Å². The van der Waals surface area contributed by atoms with Crippen LogP contribution in [0.5, 0.6) is 0 Å². The van der Waals surface area contributed by atoms with E-state index in [1.165, 1.54) is 6.42 Å². The highest BCUT2D eigenvalue weighted by atomic mass is 32.2. The summed E-state index contributed by atoms with van der Waals surface area (Å²) in [5.74, 6) is 1.40. The molecule has 1 aromatic rings. The van der Waals surface area contributed by atoms with Crippen molar-refractivity contribution < 1.29 is 0 Å². The first-order valence-electron chi connectivity index (χ1n) is 5.44. The largest absolute Gasteiger partial charge is 0.327 e. The third-order valence-electron chi connectivity index (χ3n) is 3.07. The zero-order valence-corrected chi connectivity index (χ0v) is 10.00. The van der Waals surface area contributed by atoms with Gasteiger partial charge in [0.1, 0.15) is 6.33 Å². The van der Waals surface area contributed by atoms with Crippen molar-refractivity contribution in [3.05, 3.63) is 6.33 Å². The third-order valence-corrected chi connectivity index (χ3v) is 4.58. The van der Waals surface area contributed by atoms with Gasteiger partial charge in [0.15, 0.2) is 5.16 Å². The van der Waals surface area contributed by atoms with Crippen molar-refractivity contribution in [1.82, 2.24) is 15.2 Å². The highest BCUT2D eigenvalue weighted by molar-refractivity contribution is 7.99. The topological polar surface area (TPSA) is 67.6 Å². The molecule has 1 fully saturated rings. The zero-order chi connectivity index (χ0) is 10.8. The van der Waals surface area contributed by atoms with E-state index >= 15 is 0 Å². The maximum atomic E-state index is 6.19. The van der Waals surface area contributed by atoms with Crippen LogP contribution in [0.1, 0.15) is 26.7 Å². The lowest BCUT2D eigenvalue weighted by molar-refractivity contribution is 0.279. The maximum Gasteiger partial charge on any atom is 0.183 e. The molecule has 15 heavy (non-hydrogen) atoms. The molecule has 5 heteroatoms. The number of hydrogen-bond acceptors (Lipinski definition) is 4. The molecule has 0 saturated heterocycles. The summed E-state index contributed by atoms with van der Waals surface area (Å²) in [6.07, 6.45) is 3.93. The molecule has 4 nitrogen and oxygen atoms in total. The Kier molecular flexibility index (Phi) is 3.31. The van der Waals surface area contributed by atoms with Crippen LogP contribution in [-0.2, 0) is 0 Å². The standard InChI is InChI=1S/C10H18N4S/c1-6-3-7(2)9(8(11)4-6)15-10-12-5-13-14-10/h5-9H,3-4,11H2,1-2H3,(H,12,13,14). The number of nitrogens with one attached hydrogen (secondary N) is 1. The Morgan fingerprint density at radius 1 is 1.47 bits per heavy atom. The second-order valence-electron chi connectivity index (χ2n) is 4.59. The van der Waals surface area contributed by atoms with E-state index in [0.717, 1.165) is 17.5 Å². The second kappa shape index (κ2) is 4.53. The number of nitrogens with two attached hydrogens (primary N) is 1. The summed E-state index contributed by atoms with van der Waals surface area (Å²) in [7, 11) is 0. The second-order valence-corrected chi connectivity index (χ2v) is 5.76. The molecule has 4 atom stereocenters. The molecule has 3 N–H and O–H groups in total. The summed E-state index contributed by atoms with van der Waals surface area (Å²) in [6, 6.07) is 0.277. The van der Waals surface area contributed by atoms with Gasteiger partial charge in [-0.15, -0.1) is 0 Å². The minimum atomic E-state index is 0.277. The average Bonchev–Trinajstić information content (AvgIpc) is 2.63. The molecule has 1 aliphatic rings. The Labute approximate surface area is 94.4 Å². The fourth-order valence-electron chi connectivity index (χ4n) is 2.47. The highest BCUT2D eigenvalue weighted by Crippen LogP contribution is 2.37. The van der Waals surface area contributed by atoms with Crippen LogP contribution in [0.4, 0.5) is 0 Å². The lowest BCUT2D eigenvalue weighted by Gasteiger charge is -2.36. The van der Waals surface area contributed by atoms with Crippen molar-refractivity contribution >= 4 is 11.8 Å². The Bertz CT molecular complexity index is 288. The minimum absolute atomic E-state index is 0.277. The number of hydrogen-bond donors (Lipinski definition) is 2. The van der Waals surface area contributed by atoms with E-state index < -0.39 is 0 Å². The summed E-state index contributed by atoms with van der Waals surface area (Å²) in [4.78, 5) is 4.14. The maximum absolute atomic E-state index is 6.19. The van der Waals surface area contributed by atoms with Crippen molar-refractivity contribution in [2.45, 2.75) is 43.1 Å². The Hall–Kier alpha value is -0.550. The van der Waals surface area contributed by atoms with Gasteiger partial charge in [-0.05, 0) is 24.7 Å². The zero-order valence-electron chi connectivity index (χ0n) is 9.18. The van der Waals surface area contributed by atoms with Gasteiger partial charge < -0.3 is 5.73 Å². The molecule has 0 radical (unpaired) electrons. The minimum Gasteiger partial charge on any atom is -0.327 e. The van der Waals surface area contributed by atoms with Crippen LogP contribution >= 0.6 is 11.8 Å². The molecule has 1 saturated carbocycles. The Morgan fingerprint density at radius 2 is 2.27 bits per heavy atom. The number of nitrogens with zero attached hydrogens (tertiary/aromatic N) is 2. The average molecular weight is 226 g/mol. The lowest BCUT2D eigenvalue weighted by atomic mass is 9.80. The van der Waals surface area contributed by atoms with Crippen molar-refractivity contribution in [2.75, 3.05) is 0 Å². The molecule has 84 valence electrons. The van der Waals surface area contributed by atoms with E-state index in [0.29, 0.717) is 11.2 Å². The molecule has 1 heterocycles. The van der Waals surface area contributed by atoms with E-state index in [1.54, 1.807) is 18.1 Å². The van der Waals surface area contributed by atoms with Crippen LogP contribution in [0, 0.1) is 11.8 Å². The molecular formula is C10H18N4S. The monoisotopic (exact) mass is 226 g/mol. The van der Waals surface area contributed by atoms with Crippen molar-refractivity contribution in [3.8, 4) is 0 Å².